The Balaban J connectivity index is 2.24. The summed E-state index contributed by atoms with van der Waals surface area (Å²) >= 11 is 3.36. The second kappa shape index (κ2) is 5.74. The van der Waals surface area contributed by atoms with Crippen LogP contribution in [0.25, 0.3) is 0 Å². The zero-order chi connectivity index (χ0) is 14.0. The number of ketones is 1. The zero-order valence-corrected chi connectivity index (χ0v) is 12.6. The SMILES string of the molecule is COc1ccc(Br)cc1C(=O)N1CCC(=O)C(C)C1. The highest BCUT2D eigenvalue weighted by molar-refractivity contribution is 9.10. The molecule has 0 N–H and O–H groups in total. The van der Waals surface area contributed by atoms with Crippen molar-refractivity contribution in [2.45, 2.75) is 13.3 Å². The molecule has 1 fully saturated rings. The van der Waals surface area contributed by atoms with Gasteiger partial charge in [0.2, 0.25) is 0 Å². The molecule has 1 atom stereocenters. The van der Waals surface area contributed by atoms with Gasteiger partial charge in [-0.25, -0.2) is 0 Å². The molecule has 5 heteroatoms. The van der Waals surface area contributed by atoms with E-state index in [0.717, 1.165) is 4.47 Å². The fraction of sp³-hybridized carbons (Fsp3) is 0.429. The van der Waals surface area contributed by atoms with E-state index in [1.54, 1.807) is 24.1 Å². The van der Waals surface area contributed by atoms with Crippen LogP contribution in [-0.2, 0) is 4.79 Å². The van der Waals surface area contributed by atoms with Crippen LogP contribution in [0.3, 0.4) is 0 Å². The molecule has 19 heavy (non-hydrogen) atoms. The number of benzene rings is 1. The van der Waals surface area contributed by atoms with Gasteiger partial charge in [-0.05, 0) is 18.2 Å². The summed E-state index contributed by atoms with van der Waals surface area (Å²) in [4.78, 5) is 25.7. The third-order valence-electron chi connectivity index (χ3n) is 3.35. The van der Waals surface area contributed by atoms with Crippen LogP contribution < -0.4 is 4.74 Å². The second-order valence-electron chi connectivity index (χ2n) is 4.71. The van der Waals surface area contributed by atoms with Gasteiger partial charge in [0.05, 0.1) is 12.7 Å². The number of ether oxygens (including phenoxy) is 1. The Bertz CT molecular complexity index is 515. The first-order valence-corrected chi connectivity index (χ1v) is 6.97. The molecule has 1 aliphatic rings. The Kier molecular flexibility index (Phi) is 4.24. The van der Waals surface area contributed by atoms with Crippen molar-refractivity contribution in [3.63, 3.8) is 0 Å². The Morgan fingerprint density at radius 3 is 2.84 bits per heavy atom. The number of methoxy groups -OCH3 is 1. The van der Waals surface area contributed by atoms with Gasteiger partial charge in [0.1, 0.15) is 11.5 Å². The Hall–Kier alpha value is -1.36. The fourth-order valence-electron chi connectivity index (χ4n) is 2.22. The Labute approximate surface area is 120 Å². The zero-order valence-electron chi connectivity index (χ0n) is 11.0. The van der Waals surface area contributed by atoms with Crippen LogP contribution in [0.4, 0.5) is 0 Å². The third-order valence-corrected chi connectivity index (χ3v) is 3.84. The van der Waals surface area contributed by atoms with Crippen molar-refractivity contribution in [3.8, 4) is 5.75 Å². The molecular weight excluding hydrogens is 310 g/mol. The van der Waals surface area contributed by atoms with Gasteiger partial charge in [-0.3, -0.25) is 9.59 Å². The summed E-state index contributed by atoms with van der Waals surface area (Å²) in [7, 11) is 1.54. The summed E-state index contributed by atoms with van der Waals surface area (Å²) in [6, 6.07) is 5.34. The average Bonchev–Trinajstić information content (AvgIpc) is 2.41. The van der Waals surface area contributed by atoms with Crippen molar-refractivity contribution in [2.24, 2.45) is 5.92 Å². The lowest BCUT2D eigenvalue weighted by Crippen LogP contribution is -2.43. The lowest BCUT2D eigenvalue weighted by molar-refractivity contribution is -0.124. The normalized spacial score (nSPS) is 19.4. The molecule has 2 rings (SSSR count). The van der Waals surface area contributed by atoms with Crippen LogP contribution in [-0.4, -0.2) is 36.8 Å². The lowest BCUT2D eigenvalue weighted by Gasteiger charge is -2.30. The number of amides is 1. The predicted molar refractivity (Wildman–Crippen MR) is 75.4 cm³/mol. The van der Waals surface area contributed by atoms with E-state index in [-0.39, 0.29) is 17.6 Å². The number of likely N-dealkylation sites (tertiary alicyclic amines) is 1. The molecule has 1 amide bonds. The van der Waals surface area contributed by atoms with Gasteiger partial charge in [-0.2, -0.15) is 0 Å². The fourth-order valence-corrected chi connectivity index (χ4v) is 2.58. The smallest absolute Gasteiger partial charge is 0.257 e. The van der Waals surface area contributed by atoms with E-state index in [1.807, 2.05) is 13.0 Å². The van der Waals surface area contributed by atoms with E-state index < -0.39 is 0 Å². The molecule has 4 nitrogen and oxygen atoms in total. The lowest BCUT2D eigenvalue weighted by atomic mass is 9.98. The van der Waals surface area contributed by atoms with Crippen LogP contribution in [0.1, 0.15) is 23.7 Å². The molecule has 0 bridgehead atoms. The standard InChI is InChI=1S/C14H16BrNO3/c1-9-8-16(6-5-12(9)17)14(18)11-7-10(15)3-4-13(11)19-2/h3-4,7,9H,5-6,8H2,1-2H3. The monoisotopic (exact) mass is 325 g/mol. The highest BCUT2D eigenvalue weighted by atomic mass is 79.9. The summed E-state index contributed by atoms with van der Waals surface area (Å²) < 4.78 is 6.06. The highest BCUT2D eigenvalue weighted by Crippen LogP contribution is 2.25. The van der Waals surface area contributed by atoms with Gasteiger partial charge in [-0.1, -0.05) is 22.9 Å². The molecule has 0 spiro atoms. The molecular formula is C14H16BrNO3. The summed E-state index contributed by atoms with van der Waals surface area (Å²) in [5, 5.41) is 0. The Morgan fingerprint density at radius 2 is 2.21 bits per heavy atom. The first kappa shape index (κ1) is 14.1. The number of rotatable bonds is 2. The molecule has 1 unspecified atom stereocenters. The molecule has 1 saturated heterocycles. The van der Waals surface area contributed by atoms with Crippen LogP contribution in [0.15, 0.2) is 22.7 Å². The van der Waals surface area contributed by atoms with Crippen LogP contribution in [0, 0.1) is 5.92 Å². The second-order valence-corrected chi connectivity index (χ2v) is 5.63. The van der Waals surface area contributed by atoms with Gasteiger partial charge < -0.3 is 9.64 Å². The number of hydrogen-bond acceptors (Lipinski definition) is 3. The quantitative estimate of drug-likeness (QED) is 0.839. The van der Waals surface area contributed by atoms with Gasteiger partial charge in [0.25, 0.3) is 5.91 Å². The minimum absolute atomic E-state index is 0.0856. The maximum atomic E-state index is 12.5. The molecule has 0 aliphatic carbocycles. The number of halogens is 1. The maximum Gasteiger partial charge on any atom is 0.257 e. The summed E-state index contributed by atoms with van der Waals surface area (Å²) in [5.74, 6) is 0.608. The van der Waals surface area contributed by atoms with Gasteiger partial charge >= 0.3 is 0 Å². The van der Waals surface area contributed by atoms with Crippen LogP contribution in [0.2, 0.25) is 0 Å². The van der Waals surface area contributed by atoms with Crippen molar-refractivity contribution in [2.75, 3.05) is 20.2 Å². The number of hydrogen-bond donors (Lipinski definition) is 0. The summed E-state index contributed by atoms with van der Waals surface area (Å²) in [5.41, 5.74) is 0.526. The minimum Gasteiger partial charge on any atom is -0.496 e. The number of piperidine rings is 1. The Morgan fingerprint density at radius 1 is 1.47 bits per heavy atom. The minimum atomic E-state index is -0.0872. The van der Waals surface area contributed by atoms with Crippen molar-refractivity contribution >= 4 is 27.6 Å². The molecule has 1 heterocycles. The summed E-state index contributed by atoms with van der Waals surface area (Å²) in [6.45, 7) is 2.82. The first-order chi connectivity index (χ1) is 9.02. The largest absolute Gasteiger partial charge is 0.496 e. The number of Topliss-reactive ketones (excluding diaryl/α,β-unsaturated/α-hetero) is 1. The number of nitrogens with zero attached hydrogens (tertiary/aromatic N) is 1. The van der Waals surface area contributed by atoms with Crippen LogP contribution >= 0.6 is 15.9 Å². The molecule has 1 aromatic carbocycles. The highest BCUT2D eigenvalue weighted by Gasteiger charge is 2.28. The van der Waals surface area contributed by atoms with Gasteiger partial charge in [-0.15, -0.1) is 0 Å². The molecule has 0 saturated carbocycles. The van der Waals surface area contributed by atoms with Crippen molar-refractivity contribution < 1.29 is 14.3 Å². The molecule has 0 radical (unpaired) electrons. The topological polar surface area (TPSA) is 46.6 Å². The van der Waals surface area contributed by atoms with Gasteiger partial charge in [0.15, 0.2) is 0 Å². The van der Waals surface area contributed by atoms with Crippen LogP contribution in [0.5, 0.6) is 5.75 Å². The van der Waals surface area contributed by atoms with E-state index in [2.05, 4.69) is 15.9 Å². The molecule has 1 aliphatic heterocycles. The third kappa shape index (κ3) is 2.97. The van der Waals surface area contributed by atoms with E-state index in [9.17, 15) is 9.59 Å². The predicted octanol–water partition coefficient (Wildman–Crippen LogP) is 2.51. The van der Waals surface area contributed by atoms with Gasteiger partial charge in [0, 0.05) is 29.9 Å². The summed E-state index contributed by atoms with van der Waals surface area (Å²) in [6.07, 6.45) is 0.434. The van der Waals surface area contributed by atoms with E-state index in [1.165, 1.54) is 0 Å². The molecule has 102 valence electrons. The maximum absolute atomic E-state index is 12.5. The number of carbonyl (C=O) groups is 2. The van der Waals surface area contributed by atoms with Crippen molar-refractivity contribution in [3.05, 3.63) is 28.2 Å². The van der Waals surface area contributed by atoms with Crippen molar-refractivity contribution in [1.29, 1.82) is 0 Å². The number of carbonyl (C=O) groups excluding carboxylic acids is 2. The van der Waals surface area contributed by atoms with Crippen molar-refractivity contribution in [1.82, 2.24) is 4.90 Å². The average molecular weight is 326 g/mol. The van der Waals surface area contributed by atoms with E-state index in [4.69, 9.17) is 4.74 Å². The molecule has 0 aromatic heterocycles. The molecule has 1 aromatic rings. The van der Waals surface area contributed by atoms with E-state index >= 15 is 0 Å². The first-order valence-electron chi connectivity index (χ1n) is 6.18. The van der Waals surface area contributed by atoms with E-state index in [0.29, 0.717) is 30.8 Å².